The second-order valence-corrected chi connectivity index (χ2v) is 8.76. The average Bonchev–Trinajstić information content (AvgIpc) is 3.01. The number of aromatic amines is 1. The number of thiophene rings is 1. The zero-order valence-electron chi connectivity index (χ0n) is 15.7. The van der Waals surface area contributed by atoms with Crippen LogP contribution in [0, 0.1) is 11.7 Å². The topological polar surface area (TPSA) is 62.4 Å². The lowest BCUT2D eigenvalue weighted by molar-refractivity contribution is -0.693. The molecule has 0 saturated carbocycles. The maximum atomic E-state index is 13.0. The summed E-state index contributed by atoms with van der Waals surface area (Å²) >= 11 is 1.69. The van der Waals surface area contributed by atoms with E-state index in [0.717, 1.165) is 53.8 Å². The molecule has 2 aromatic heterocycles. The number of nitrogens with one attached hydrogen (secondary N) is 1. The van der Waals surface area contributed by atoms with Gasteiger partial charge in [-0.25, -0.2) is 9.37 Å². The molecule has 3 N–H and O–H groups in total. The Morgan fingerprint density at radius 1 is 1.37 bits per heavy atom. The van der Waals surface area contributed by atoms with Crippen LogP contribution in [0.3, 0.4) is 0 Å². The molecule has 1 aliphatic rings. The third-order valence-electron chi connectivity index (χ3n) is 5.48. The van der Waals surface area contributed by atoms with E-state index in [1.165, 1.54) is 22.6 Å². The van der Waals surface area contributed by atoms with Crippen molar-refractivity contribution in [2.75, 3.05) is 6.54 Å². The summed E-state index contributed by atoms with van der Waals surface area (Å²) in [6.07, 6.45) is 4.04. The number of halogens is 1. The highest BCUT2D eigenvalue weighted by Crippen LogP contribution is 2.35. The van der Waals surface area contributed by atoms with E-state index in [-0.39, 0.29) is 17.4 Å². The SMILES string of the molecule is C[C@H]1CCc2c(sc3nc([C@H](C)[NH2+]CCc4ccc(F)cc4)[nH]c(=O)c23)C1. The third-order valence-corrected chi connectivity index (χ3v) is 6.63. The normalized spacial score (nSPS) is 17.8. The summed E-state index contributed by atoms with van der Waals surface area (Å²) in [4.78, 5) is 22.7. The molecule has 0 radical (unpaired) electrons. The minimum Gasteiger partial charge on any atom is -0.337 e. The summed E-state index contributed by atoms with van der Waals surface area (Å²) in [6, 6.07) is 6.69. The lowest BCUT2D eigenvalue weighted by Gasteiger charge is -2.17. The van der Waals surface area contributed by atoms with Gasteiger partial charge < -0.3 is 10.3 Å². The van der Waals surface area contributed by atoms with Crippen molar-refractivity contribution in [2.45, 2.75) is 45.6 Å². The molecular weight excluding hydrogens is 361 g/mol. The van der Waals surface area contributed by atoms with Crippen molar-refractivity contribution in [1.82, 2.24) is 9.97 Å². The highest BCUT2D eigenvalue weighted by molar-refractivity contribution is 7.18. The molecule has 2 heterocycles. The van der Waals surface area contributed by atoms with Gasteiger partial charge in [0, 0.05) is 11.3 Å². The molecule has 142 valence electrons. The van der Waals surface area contributed by atoms with E-state index < -0.39 is 0 Å². The molecule has 0 bridgehead atoms. The monoisotopic (exact) mass is 386 g/mol. The number of aromatic nitrogens is 2. The molecule has 2 atom stereocenters. The van der Waals surface area contributed by atoms with Crippen LogP contribution in [0.25, 0.3) is 10.2 Å². The Kier molecular flexibility index (Phi) is 5.10. The second kappa shape index (κ2) is 7.52. The first-order valence-electron chi connectivity index (χ1n) is 9.63. The van der Waals surface area contributed by atoms with Crippen molar-refractivity contribution in [3.63, 3.8) is 0 Å². The molecule has 0 unspecified atom stereocenters. The molecule has 4 nitrogen and oxygen atoms in total. The van der Waals surface area contributed by atoms with Crippen molar-refractivity contribution in [3.05, 3.63) is 62.3 Å². The molecule has 0 fully saturated rings. The van der Waals surface area contributed by atoms with Crippen LogP contribution in [0.1, 0.15) is 48.1 Å². The highest BCUT2D eigenvalue weighted by atomic mass is 32.1. The largest absolute Gasteiger partial charge is 0.337 e. The first-order chi connectivity index (χ1) is 13.0. The van der Waals surface area contributed by atoms with Crippen LogP contribution in [-0.4, -0.2) is 16.5 Å². The number of aryl methyl sites for hydroxylation is 1. The number of nitrogens with zero attached hydrogens (tertiary/aromatic N) is 1. The number of hydrogen-bond acceptors (Lipinski definition) is 3. The zero-order chi connectivity index (χ0) is 19.0. The Morgan fingerprint density at radius 3 is 2.93 bits per heavy atom. The second-order valence-electron chi connectivity index (χ2n) is 7.67. The van der Waals surface area contributed by atoms with Crippen molar-refractivity contribution in [1.29, 1.82) is 0 Å². The predicted molar refractivity (Wildman–Crippen MR) is 107 cm³/mol. The standard InChI is InChI=1S/C21H24FN3OS/c1-12-3-8-16-17(11-12)27-21-18(16)20(26)24-19(25-21)13(2)23-10-9-14-4-6-15(22)7-5-14/h4-7,12-13,23H,3,8-11H2,1-2H3,(H,24,25,26)/p+1/t12-,13-/m0/s1. The summed E-state index contributed by atoms with van der Waals surface area (Å²) in [5.41, 5.74) is 2.33. The summed E-state index contributed by atoms with van der Waals surface area (Å²) in [5.74, 6) is 1.21. The van der Waals surface area contributed by atoms with Gasteiger partial charge in [-0.15, -0.1) is 11.3 Å². The number of quaternary nitrogens is 1. The van der Waals surface area contributed by atoms with Crippen LogP contribution >= 0.6 is 11.3 Å². The van der Waals surface area contributed by atoms with Crippen LogP contribution in [0.15, 0.2) is 29.1 Å². The van der Waals surface area contributed by atoms with Crippen LogP contribution in [-0.2, 0) is 19.3 Å². The van der Waals surface area contributed by atoms with Crippen molar-refractivity contribution < 1.29 is 9.71 Å². The van der Waals surface area contributed by atoms with Gasteiger partial charge in [0.15, 0.2) is 5.82 Å². The maximum absolute atomic E-state index is 13.0. The van der Waals surface area contributed by atoms with Crippen LogP contribution in [0.2, 0.25) is 0 Å². The Bertz CT molecular complexity index is 1010. The molecule has 3 aromatic rings. The molecule has 6 heteroatoms. The molecule has 1 aliphatic carbocycles. The number of benzene rings is 1. The molecular formula is C21H25FN3OS+. The predicted octanol–water partition coefficient (Wildman–Crippen LogP) is 3.12. The van der Waals surface area contributed by atoms with Crippen molar-refractivity contribution in [2.24, 2.45) is 5.92 Å². The Hall–Kier alpha value is -2.05. The maximum Gasteiger partial charge on any atom is 0.260 e. The van der Waals surface area contributed by atoms with Gasteiger partial charge in [-0.3, -0.25) is 4.79 Å². The number of hydrogen-bond donors (Lipinski definition) is 2. The first kappa shape index (κ1) is 18.3. The van der Waals surface area contributed by atoms with Gasteiger partial charge in [0.2, 0.25) is 0 Å². The minimum atomic E-state index is -0.209. The van der Waals surface area contributed by atoms with Crippen molar-refractivity contribution in [3.8, 4) is 0 Å². The first-order valence-corrected chi connectivity index (χ1v) is 10.4. The van der Waals surface area contributed by atoms with Crippen LogP contribution in [0.5, 0.6) is 0 Å². The fourth-order valence-electron chi connectivity index (χ4n) is 3.84. The smallest absolute Gasteiger partial charge is 0.260 e. The number of fused-ring (bicyclic) bond motifs is 3. The zero-order valence-corrected chi connectivity index (χ0v) is 16.5. The fourth-order valence-corrected chi connectivity index (χ4v) is 5.23. The van der Waals surface area contributed by atoms with Gasteiger partial charge >= 0.3 is 0 Å². The molecule has 1 aromatic carbocycles. The van der Waals surface area contributed by atoms with Gasteiger partial charge in [0.1, 0.15) is 16.7 Å². The van der Waals surface area contributed by atoms with Gasteiger partial charge in [0.05, 0.1) is 11.9 Å². The lowest BCUT2D eigenvalue weighted by atomic mass is 9.89. The summed E-state index contributed by atoms with van der Waals surface area (Å²) in [7, 11) is 0. The Morgan fingerprint density at radius 2 is 2.15 bits per heavy atom. The van der Waals surface area contributed by atoms with E-state index in [0.29, 0.717) is 5.92 Å². The number of nitrogens with two attached hydrogens (primary N) is 1. The molecule has 4 rings (SSSR count). The van der Waals surface area contributed by atoms with Gasteiger partial charge in [-0.2, -0.15) is 0 Å². The van der Waals surface area contributed by atoms with Crippen LogP contribution in [0.4, 0.5) is 4.39 Å². The van der Waals surface area contributed by atoms with E-state index in [1.54, 1.807) is 11.3 Å². The molecule has 0 saturated heterocycles. The summed E-state index contributed by atoms with van der Waals surface area (Å²) in [6.45, 7) is 5.19. The van der Waals surface area contributed by atoms with Crippen molar-refractivity contribution >= 4 is 21.6 Å². The summed E-state index contributed by atoms with van der Waals surface area (Å²) < 4.78 is 13.0. The minimum absolute atomic E-state index is 0.000776. The highest BCUT2D eigenvalue weighted by Gasteiger charge is 2.24. The number of H-pyrrole nitrogens is 1. The van der Waals surface area contributed by atoms with Gasteiger partial charge in [-0.05, 0) is 55.4 Å². The summed E-state index contributed by atoms with van der Waals surface area (Å²) in [5, 5.41) is 2.98. The van der Waals surface area contributed by atoms with Gasteiger partial charge in [0.25, 0.3) is 5.56 Å². The Balaban J connectivity index is 1.49. The van der Waals surface area contributed by atoms with E-state index in [1.807, 2.05) is 12.1 Å². The fraction of sp³-hybridized carbons (Fsp3) is 0.429. The lowest BCUT2D eigenvalue weighted by Crippen LogP contribution is -2.85. The third kappa shape index (κ3) is 3.82. The molecule has 27 heavy (non-hydrogen) atoms. The average molecular weight is 387 g/mol. The van der Waals surface area contributed by atoms with Crippen LogP contribution < -0.4 is 10.9 Å². The molecule has 0 amide bonds. The van der Waals surface area contributed by atoms with E-state index in [9.17, 15) is 9.18 Å². The Labute approximate surface area is 161 Å². The molecule has 0 aliphatic heterocycles. The molecule has 0 spiro atoms. The van der Waals surface area contributed by atoms with E-state index in [2.05, 4.69) is 24.1 Å². The van der Waals surface area contributed by atoms with Gasteiger partial charge in [-0.1, -0.05) is 19.1 Å². The van der Waals surface area contributed by atoms with E-state index >= 15 is 0 Å². The van der Waals surface area contributed by atoms with E-state index in [4.69, 9.17) is 4.98 Å². The number of rotatable bonds is 5. The quantitative estimate of drug-likeness (QED) is 0.708.